The number of nitrogens with one attached hydrogen (secondary N) is 1. The number of nitrogens with zero attached hydrogens (tertiary/aromatic N) is 2. The molecule has 0 saturated carbocycles. The van der Waals surface area contributed by atoms with E-state index >= 15 is 0 Å². The molecule has 8 nitrogen and oxygen atoms in total. The molecule has 4 N–H and O–H groups in total. The second kappa shape index (κ2) is 9.80. The molecule has 1 heterocycles. The Morgan fingerprint density at radius 2 is 1.77 bits per heavy atom. The first-order valence-corrected chi connectivity index (χ1v) is 11.3. The van der Waals surface area contributed by atoms with Crippen molar-refractivity contribution in [3.8, 4) is 11.8 Å². The summed E-state index contributed by atoms with van der Waals surface area (Å²) >= 11 is 6.64. The molecule has 9 heteroatoms. The molecule has 0 radical (unpaired) electrons. The van der Waals surface area contributed by atoms with Gasteiger partial charge in [-0.25, -0.2) is 0 Å². The molecular formula is C26H27ClN4O4. The van der Waals surface area contributed by atoms with E-state index in [2.05, 4.69) is 11.8 Å². The molecule has 0 fully saturated rings. The largest absolute Gasteiger partial charge is 0.481 e. The predicted molar refractivity (Wildman–Crippen MR) is 135 cm³/mol. The summed E-state index contributed by atoms with van der Waals surface area (Å²) in [6, 6.07) is 9.32. The molecule has 1 aliphatic rings. The van der Waals surface area contributed by atoms with Crippen LogP contribution in [-0.2, 0) is 9.59 Å². The lowest BCUT2D eigenvalue weighted by Gasteiger charge is -2.36. The lowest BCUT2D eigenvalue weighted by atomic mass is 10.0. The number of carboxylic acid groups (broad SMARTS) is 1. The lowest BCUT2D eigenvalue weighted by molar-refractivity contribution is -0.138. The van der Waals surface area contributed by atoms with Gasteiger partial charge in [-0.2, -0.15) is 0 Å². The number of anilines is 1. The molecule has 2 aromatic carbocycles. The Morgan fingerprint density at radius 1 is 1.17 bits per heavy atom. The average molecular weight is 495 g/mol. The Hall–Kier alpha value is -3.83. The Kier molecular flexibility index (Phi) is 7.22. The maximum absolute atomic E-state index is 13.6. The maximum atomic E-state index is 13.6. The van der Waals surface area contributed by atoms with Crippen LogP contribution in [0.4, 0.5) is 5.69 Å². The monoisotopic (exact) mass is 494 g/mol. The van der Waals surface area contributed by atoms with Crippen LogP contribution >= 0.6 is 11.6 Å². The topological polar surface area (TPSA) is 128 Å². The van der Waals surface area contributed by atoms with Gasteiger partial charge >= 0.3 is 5.97 Å². The summed E-state index contributed by atoms with van der Waals surface area (Å²) in [5, 5.41) is 16.9. The third-order valence-corrected chi connectivity index (χ3v) is 5.84. The molecule has 182 valence electrons. The number of carboxylic acids is 1. The minimum Gasteiger partial charge on any atom is -0.481 e. The highest BCUT2D eigenvalue weighted by Crippen LogP contribution is 2.38. The van der Waals surface area contributed by atoms with E-state index in [0.717, 1.165) is 0 Å². The van der Waals surface area contributed by atoms with Crippen molar-refractivity contribution in [3.63, 3.8) is 0 Å². The van der Waals surface area contributed by atoms with Crippen LogP contribution in [0.3, 0.4) is 0 Å². The molecular weight excluding hydrogens is 468 g/mol. The fraction of sp³-hybridized carbons (Fsp3) is 0.308. The minimum atomic E-state index is -1.07. The number of hydrogen-bond donors (Lipinski definition) is 3. The Morgan fingerprint density at radius 3 is 2.31 bits per heavy atom. The third-order valence-electron chi connectivity index (χ3n) is 5.55. The number of aliphatic carboxylic acids is 1. The number of nitrogens with two attached hydrogens (primary N) is 1. The molecule has 35 heavy (non-hydrogen) atoms. The first kappa shape index (κ1) is 25.8. The number of benzene rings is 2. The van der Waals surface area contributed by atoms with Crippen molar-refractivity contribution in [1.29, 1.82) is 5.41 Å². The van der Waals surface area contributed by atoms with E-state index in [1.807, 2.05) is 20.8 Å². The molecule has 0 spiro atoms. The lowest BCUT2D eigenvalue weighted by Crippen LogP contribution is -2.50. The van der Waals surface area contributed by atoms with Crippen LogP contribution in [0, 0.1) is 17.3 Å². The number of fused-ring (bicyclic) bond motifs is 1. The van der Waals surface area contributed by atoms with Gasteiger partial charge < -0.3 is 20.6 Å². The van der Waals surface area contributed by atoms with Crippen LogP contribution in [-0.4, -0.2) is 51.8 Å². The summed E-state index contributed by atoms with van der Waals surface area (Å²) in [6.07, 6.45) is -0.298. The molecule has 0 aliphatic carbocycles. The molecule has 0 saturated heterocycles. The molecule has 1 aliphatic heterocycles. The van der Waals surface area contributed by atoms with Gasteiger partial charge in [0.15, 0.2) is 0 Å². The summed E-state index contributed by atoms with van der Waals surface area (Å²) in [5.41, 5.74) is 6.99. The van der Waals surface area contributed by atoms with E-state index in [9.17, 15) is 19.5 Å². The number of nitrogen functional groups attached to an aromatic ring is 1. The van der Waals surface area contributed by atoms with Crippen LogP contribution < -0.4 is 10.6 Å². The van der Waals surface area contributed by atoms with Crippen molar-refractivity contribution in [2.75, 3.05) is 11.4 Å². The summed E-state index contributed by atoms with van der Waals surface area (Å²) in [6.45, 7) is 6.85. The third kappa shape index (κ3) is 5.64. The van der Waals surface area contributed by atoms with E-state index in [-0.39, 0.29) is 41.0 Å². The van der Waals surface area contributed by atoms with Crippen molar-refractivity contribution >= 4 is 40.9 Å². The SMILES string of the molecule is C[C@@H](CC(=O)O)N1CC(=O)N(C(C)(C)C)c2c(Cl)cc(C#Cc3ccc(C(=N)N)cc3)cc2C1=O. The second-order valence-corrected chi connectivity index (χ2v) is 9.78. The van der Waals surface area contributed by atoms with Crippen molar-refractivity contribution < 1.29 is 19.5 Å². The Balaban J connectivity index is 2.12. The quantitative estimate of drug-likeness (QED) is 0.340. The van der Waals surface area contributed by atoms with Gasteiger partial charge in [-0.3, -0.25) is 19.8 Å². The van der Waals surface area contributed by atoms with E-state index in [1.165, 1.54) is 9.80 Å². The standard InChI is InChI=1S/C26H27ClN4O4/c1-15(11-22(33)34)30-14-21(32)31(26(2,3)4)23-19(25(30)35)12-17(13-20(23)27)6-5-16-7-9-18(10-8-16)24(28)29/h7-10,12-13,15H,11,14H2,1-4H3,(H3,28,29)(H,33,34)/t15-/m0/s1. The average Bonchev–Trinajstić information content (AvgIpc) is 2.86. The van der Waals surface area contributed by atoms with Gasteiger partial charge in [0.25, 0.3) is 5.91 Å². The zero-order valence-corrected chi connectivity index (χ0v) is 20.7. The van der Waals surface area contributed by atoms with Gasteiger partial charge in [-0.05, 0) is 52.0 Å². The fourth-order valence-electron chi connectivity index (χ4n) is 3.94. The van der Waals surface area contributed by atoms with Gasteiger partial charge in [0, 0.05) is 28.3 Å². The molecule has 1 atom stereocenters. The van der Waals surface area contributed by atoms with Crippen LogP contribution in [0.1, 0.15) is 61.2 Å². The zero-order valence-electron chi connectivity index (χ0n) is 20.0. The van der Waals surface area contributed by atoms with E-state index in [0.29, 0.717) is 16.7 Å². The van der Waals surface area contributed by atoms with Crippen molar-refractivity contribution in [2.24, 2.45) is 5.73 Å². The number of carbonyl (C=O) groups is 3. The van der Waals surface area contributed by atoms with E-state index < -0.39 is 23.5 Å². The summed E-state index contributed by atoms with van der Waals surface area (Å²) in [5.74, 6) is 4.05. The Labute approximate surface area is 209 Å². The summed E-state index contributed by atoms with van der Waals surface area (Å²) in [7, 11) is 0. The van der Waals surface area contributed by atoms with Crippen molar-refractivity contribution in [3.05, 3.63) is 63.7 Å². The first-order chi connectivity index (χ1) is 16.3. The smallest absolute Gasteiger partial charge is 0.305 e. The zero-order chi connectivity index (χ0) is 26.1. The summed E-state index contributed by atoms with van der Waals surface area (Å²) < 4.78 is 0. The molecule has 0 aromatic heterocycles. The maximum Gasteiger partial charge on any atom is 0.305 e. The van der Waals surface area contributed by atoms with Crippen LogP contribution in [0.5, 0.6) is 0 Å². The number of amidine groups is 1. The van der Waals surface area contributed by atoms with Gasteiger partial charge in [-0.15, -0.1) is 0 Å². The number of hydrogen-bond acceptors (Lipinski definition) is 4. The highest BCUT2D eigenvalue weighted by atomic mass is 35.5. The van der Waals surface area contributed by atoms with Gasteiger partial charge in [0.2, 0.25) is 5.91 Å². The second-order valence-electron chi connectivity index (χ2n) is 9.38. The highest BCUT2D eigenvalue weighted by Gasteiger charge is 2.40. The van der Waals surface area contributed by atoms with E-state index in [4.69, 9.17) is 22.7 Å². The van der Waals surface area contributed by atoms with Gasteiger partial charge in [0.05, 0.1) is 22.7 Å². The molecule has 0 bridgehead atoms. The van der Waals surface area contributed by atoms with Crippen molar-refractivity contribution in [1.82, 2.24) is 4.90 Å². The van der Waals surface area contributed by atoms with Gasteiger partial charge in [-0.1, -0.05) is 35.6 Å². The van der Waals surface area contributed by atoms with Gasteiger partial charge in [0.1, 0.15) is 12.4 Å². The predicted octanol–water partition coefficient (Wildman–Crippen LogP) is 3.47. The highest BCUT2D eigenvalue weighted by molar-refractivity contribution is 6.35. The first-order valence-electron chi connectivity index (χ1n) is 11.0. The normalized spacial score (nSPS) is 14.5. The molecule has 0 unspecified atom stereocenters. The fourth-order valence-corrected chi connectivity index (χ4v) is 4.24. The Bertz CT molecular complexity index is 1270. The number of amides is 2. The molecule has 3 rings (SSSR count). The molecule has 2 amide bonds. The minimum absolute atomic E-state index is 0.0415. The summed E-state index contributed by atoms with van der Waals surface area (Å²) in [4.78, 5) is 40.9. The molecule has 2 aromatic rings. The van der Waals surface area contributed by atoms with Crippen LogP contribution in [0.25, 0.3) is 0 Å². The van der Waals surface area contributed by atoms with Crippen molar-refractivity contribution in [2.45, 2.75) is 45.7 Å². The number of carbonyl (C=O) groups excluding carboxylic acids is 2. The number of rotatable bonds is 4. The van der Waals surface area contributed by atoms with Crippen LogP contribution in [0.2, 0.25) is 5.02 Å². The van der Waals surface area contributed by atoms with E-state index in [1.54, 1.807) is 43.3 Å². The number of halogens is 1. The van der Waals surface area contributed by atoms with Crippen LogP contribution in [0.15, 0.2) is 36.4 Å².